The zero-order chi connectivity index (χ0) is 9.26. The minimum atomic E-state index is 0.762. The van der Waals surface area contributed by atoms with Gasteiger partial charge in [0, 0.05) is 25.2 Å². The Hall–Kier alpha value is -0.0800. The van der Waals surface area contributed by atoms with Gasteiger partial charge in [0.05, 0.1) is 0 Å². The Morgan fingerprint density at radius 2 is 1.92 bits per heavy atom. The molecule has 2 heteroatoms. The van der Waals surface area contributed by atoms with Gasteiger partial charge in [0.25, 0.3) is 0 Å². The monoisotopic (exact) mass is 182 g/mol. The molecule has 2 nitrogen and oxygen atoms in total. The predicted octanol–water partition coefficient (Wildman–Crippen LogP) is 1.37. The lowest BCUT2D eigenvalue weighted by Gasteiger charge is -2.40. The van der Waals surface area contributed by atoms with Gasteiger partial charge >= 0.3 is 0 Å². The molecular formula is C11H22N2. The molecule has 13 heavy (non-hydrogen) atoms. The van der Waals surface area contributed by atoms with E-state index in [4.69, 9.17) is 0 Å². The molecule has 0 bridgehead atoms. The summed E-state index contributed by atoms with van der Waals surface area (Å²) in [6, 6.07) is 1.55. The Balaban J connectivity index is 1.82. The lowest BCUT2D eigenvalue weighted by Crippen LogP contribution is -2.59. The molecule has 2 rings (SSSR count). The van der Waals surface area contributed by atoms with Crippen molar-refractivity contribution < 1.29 is 0 Å². The van der Waals surface area contributed by atoms with Crippen LogP contribution in [0.1, 0.15) is 33.1 Å². The zero-order valence-electron chi connectivity index (χ0n) is 8.84. The first-order valence-electron chi connectivity index (χ1n) is 5.74. The van der Waals surface area contributed by atoms with Gasteiger partial charge < -0.3 is 10.6 Å². The zero-order valence-corrected chi connectivity index (χ0v) is 8.84. The van der Waals surface area contributed by atoms with E-state index in [0.717, 1.165) is 23.9 Å². The number of hydrogen-bond donors (Lipinski definition) is 2. The van der Waals surface area contributed by atoms with E-state index in [2.05, 4.69) is 24.5 Å². The molecule has 0 radical (unpaired) electrons. The molecule has 0 aromatic carbocycles. The average molecular weight is 182 g/mol. The fourth-order valence-electron chi connectivity index (χ4n) is 2.53. The van der Waals surface area contributed by atoms with Crippen LogP contribution < -0.4 is 10.6 Å². The number of hydrogen-bond acceptors (Lipinski definition) is 2. The van der Waals surface area contributed by atoms with Crippen LogP contribution in [0.3, 0.4) is 0 Å². The summed E-state index contributed by atoms with van der Waals surface area (Å²) in [5.41, 5.74) is 0. The second kappa shape index (κ2) is 3.97. The maximum absolute atomic E-state index is 3.77. The van der Waals surface area contributed by atoms with Crippen LogP contribution in [0.4, 0.5) is 0 Å². The van der Waals surface area contributed by atoms with Crippen molar-refractivity contribution in [1.82, 2.24) is 10.6 Å². The van der Waals surface area contributed by atoms with Crippen LogP contribution in [0, 0.1) is 11.8 Å². The van der Waals surface area contributed by atoms with Gasteiger partial charge in [0.2, 0.25) is 0 Å². The minimum absolute atomic E-state index is 0.762. The molecule has 3 unspecified atom stereocenters. The van der Waals surface area contributed by atoms with Crippen molar-refractivity contribution in [3.05, 3.63) is 0 Å². The minimum Gasteiger partial charge on any atom is -0.314 e. The van der Waals surface area contributed by atoms with Crippen LogP contribution in [-0.4, -0.2) is 25.2 Å². The summed E-state index contributed by atoms with van der Waals surface area (Å²) in [5.74, 6) is 1.79. The van der Waals surface area contributed by atoms with E-state index in [1.807, 2.05) is 0 Å². The van der Waals surface area contributed by atoms with Gasteiger partial charge in [0.1, 0.15) is 0 Å². The fourth-order valence-corrected chi connectivity index (χ4v) is 2.53. The lowest BCUT2D eigenvalue weighted by atomic mass is 9.77. The Morgan fingerprint density at radius 1 is 1.15 bits per heavy atom. The van der Waals surface area contributed by atoms with Crippen molar-refractivity contribution in [3.63, 3.8) is 0 Å². The van der Waals surface area contributed by atoms with Gasteiger partial charge in [-0.15, -0.1) is 0 Å². The summed E-state index contributed by atoms with van der Waals surface area (Å²) in [7, 11) is 0. The van der Waals surface area contributed by atoms with Crippen molar-refractivity contribution in [1.29, 1.82) is 0 Å². The van der Waals surface area contributed by atoms with Crippen LogP contribution in [0.5, 0.6) is 0 Å². The highest BCUT2D eigenvalue weighted by Crippen LogP contribution is 2.29. The van der Waals surface area contributed by atoms with E-state index in [9.17, 15) is 0 Å². The van der Waals surface area contributed by atoms with Gasteiger partial charge in [-0.25, -0.2) is 0 Å². The second-order valence-corrected chi connectivity index (χ2v) is 4.90. The maximum atomic E-state index is 3.77. The van der Waals surface area contributed by atoms with E-state index in [-0.39, 0.29) is 0 Å². The second-order valence-electron chi connectivity index (χ2n) is 4.90. The van der Waals surface area contributed by atoms with Crippen molar-refractivity contribution in [2.75, 3.05) is 13.1 Å². The highest BCUT2D eigenvalue weighted by atomic mass is 15.1. The maximum Gasteiger partial charge on any atom is 0.0320 e. The molecule has 1 aliphatic carbocycles. The molecule has 2 fully saturated rings. The molecule has 1 aliphatic heterocycles. The molecule has 76 valence electrons. The van der Waals surface area contributed by atoms with E-state index >= 15 is 0 Å². The standard InChI is InChI=1S/C11H22N2/c1-8-4-3-5-11(9(8)2)13-10-6-12-7-10/h8-13H,3-7H2,1-2H3. The molecule has 0 aromatic heterocycles. The van der Waals surface area contributed by atoms with Crippen molar-refractivity contribution in [3.8, 4) is 0 Å². The summed E-state index contributed by atoms with van der Waals surface area (Å²) in [4.78, 5) is 0. The third kappa shape index (κ3) is 2.05. The third-order valence-electron chi connectivity index (χ3n) is 3.94. The fraction of sp³-hybridized carbons (Fsp3) is 1.00. The van der Waals surface area contributed by atoms with Crippen LogP contribution in [-0.2, 0) is 0 Å². The SMILES string of the molecule is CC1CCCC(NC2CNC2)C1C. The molecule has 0 aromatic rings. The topological polar surface area (TPSA) is 24.1 Å². The molecule has 2 N–H and O–H groups in total. The normalized spacial score (nSPS) is 41.5. The molecule has 1 heterocycles. The van der Waals surface area contributed by atoms with Gasteiger partial charge in [-0.2, -0.15) is 0 Å². The largest absolute Gasteiger partial charge is 0.314 e. The van der Waals surface area contributed by atoms with Crippen molar-refractivity contribution >= 4 is 0 Å². The molecular weight excluding hydrogens is 160 g/mol. The van der Waals surface area contributed by atoms with Crippen LogP contribution in [0.25, 0.3) is 0 Å². The summed E-state index contributed by atoms with van der Waals surface area (Å²) >= 11 is 0. The van der Waals surface area contributed by atoms with Crippen LogP contribution in [0.2, 0.25) is 0 Å². The van der Waals surface area contributed by atoms with Gasteiger partial charge in [-0.05, 0) is 18.3 Å². The van der Waals surface area contributed by atoms with Crippen molar-refractivity contribution in [2.45, 2.75) is 45.2 Å². The molecule has 1 saturated heterocycles. The first kappa shape index (κ1) is 9.47. The van der Waals surface area contributed by atoms with E-state index in [0.29, 0.717) is 0 Å². The number of rotatable bonds is 2. The molecule has 3 atom stereocenters. The highest BCUT2D eigenvalue weighted by Gasteiger charge is 2.29. The summed E-state index contributed by atoms with van der Waals surface area (Å²) < 4.78 is 0. The predicted molar refractivity (Wildman–Crippen MR) is 55.8 cm³/mol. The first-order chi connectivity index (χ1) is 6.27. The summed E-state index contributed by atoms with van der Waals surface area (Å²) in [5, 5.41) is 7.09. The third-order valence-corrected chi connectivity index (χ3v) is 3.94. The van der Waals surface area contributed by atoms with Crippen LogP contribution in [0.15, 0.2) is 0 Å². The highest BCUT2D eigenvalue weighted by molar-refractivity contribution is 4.89. The molecule has 0 spiro atoms. The summed E-state index contributed by atoms with van der Waals surface area (Å²) in [6.45, 7) is 7.17. The van der Waals surface area contributed by atoms with Crippen LogP contribution >= 0.6 is 0 Å². The van der Waals surface area contributed by atoms with Gasteiger partial charge in [-0.3, -0.25) is 0 Å². The Kier molecular flexibility index (Phi) is 2.89. The Morgan fingerprint density at radius 3 is 2.54 bits per heavy atom. The average Bonchev–Trinajstić information content (AvgIpc) is 2.04. The quantitative estimate of drug-likeness (QED) is 0.674. The lowest BCUT2D eigenvalue weighted by molar-refractivity contribution is 0.178. The molecule has 2 aliphatic rings. The smallest absolute Gasteiger partial charge is 0.0320 e. The van der Waals surface area contributed by atoms with Crippen molar-refractivity contribution in [2.24, 2.45) is 11.8 Å². The van der Waals surface area contributed by atoms with E-state index < -0.39 is 0 Å². The van der Waals surface area contributed by atoms with Gasteiger partial charge in [0.15, 0.2) is 0 Å². The number of nitrogens with one attached hydrogen (secondary N) is 2. The first-order valence-corrected chi connectivity index (χ1v) is 5.74. The Bertz CT molecular complexity index is 165. The molecule has 0 amide bonds. The molecule has 1 saturated carbocycles. The van der Waals surface area contributed by atoms with E-state index in [1.165, 1.54) is 32.4 Å². The summed E-state index contributed by atoms with van der Waals surface area (Å²) in [6.07, 6.45) is 4.24. The van der Waals surface area contributed by atoms with Gasteiger partial charge in [-0.1, -0.05) is 26.7 Å². The Labute approximate surface area is 81.5 Å². The van der Waals surface area contributed by atoms with E-state index in [1.54, 1.807) is 0 Å².